The first-order valence-electron chi connectivity index (χ1n) is 10.4. The summed E-state index contributed by atoms with van der Waals surface area (Å²) in [5.41, 5.74) is 7.87. The molecule has 1 atom stereocenters. The molecular weight excluding hydrogens is 440 g/mol. The molecule has 1 aliphatic rings. The van der Waals surface area contributed by atoms with E-state index >= 15 is 0 Å². The summed E-state index contributed by atoms with van der Waals surface area (Å²) < 4.78 is 5.29. The van der Waals surface area contributed by atoms with Crippen molar-refractivity contribution in [2.24, 2.45) is 10.7 Å². The lowest BCUT2D eigenvalue weighted by molar-refractivity contribution is -0.119. The van der Waals surface area contributed by atoms with Gasteiger partial charge < -0.3 is 10.5 Å². The smallest absolute Gasteiger partial charge is 0.318 e. The minimum absolute atomic E-state index is 0.236. The zero-order chi connectivity index (χ0) is 24.1. The number of ether oxygens (including phenoxy) is 1. The Bertz CT molecular complexity index is 1130. The van der Waals surface area contributed by atoms with Gasteiger partial charge >= 0.3 is 6.03 Å². The monoisotopic (exact) mass is 466 g/mol. The highest BCUT2D eigenvalue weighted by atomic mass is 32.2. The van der Waals surface area contributed by atoms with Crippen molar-refractivity contribution in [3.8, 4) is 5.75 Å². The Morgan fingerprint density at radius 1 is 1.15 bits per heavy atom. The molecule has 0 fully saturated rings. The van der Waals surface area contributed by atoms with Crippen LogP contribution in [0.4, 0.5) is 10.5 Å². The molecule has 0 spiro atoms. The van der Waals surface area contributed by atoms with Gasteiger partial charge in [0.25, 0.3) is 5.91 Å². The van der Waals surface area contributed by atoms with Crippen molar-refractivity contribution in [2.75, 3.05) is 12.0 Å². The number of carbonyl (C=O) groups excluding carboxylic acids is 3. The first-order valence-corrected chi connectivity index (χ1v) is 11.2. The average molecular weight is 467 g/mol. The largest absolute Gasteiger partial charge is 0.497 e. The maximum atomic E-state index is 13.3. The van der Waals surface area contributed by atoms with Crippen molar-refractivity contribution in [1.29, 1.82) is 0 Å². The van der Waals surface area contributed by atoms with Gasteiger partial charge in [-0.25, -0.2) is 9.79 Å². The summed E-state index contributed by atoms with van der Waals surface area (Å²) in [6.45, 7) is 5.83. The summed E-state index contributed by atoms with van der Waals surface area (Å²) in [6.07, 6.45) is 1.71. The highest BCUT2D eigenvalue weighted by Crippen LogP contribution is 2.33. The number of thioether (sulfide) groups is 1. The molecule has 2 aromatic rings. The van der Waals surface area contributed by atoms with E-state index in [0.29, 0.717) is 22.5 Å². The number of amidine groups is 1. The Labute approximate surface area is 196 Å². The Kier molecular flexibility index (Phi) is 7.55. The molecule has 0 saturated carbocycles. The van der Waals surface area contributed by atoms with Gasteiger partial charge in [-0.05, 0) is 42.2 Å². The standard InChI is InChI=1S/C24H26N4O4S/c1-14(2)17-10-8-16(9-11-17)12-20-22(30)28(18-6-5-7-19(13-18)32-4)24(26-20)33-15(3)21(29)27-23(25)31/h5-15H,1-4H3,(H3,25,27,29,31). The van der Waals surface area contributed by atoms with Crippen molar-refractivity contribution in [3.05, 3.63) is 65.4 Å². The van der Waals surface area contributed by atoms with Crippen molar-refractivity contribution in [1.82, 2.24) is 5.32 Å². The van der Waals surface area contributed by atoms with Gasteiger partial charge in [0, 0.05) is 6.07 Å². The maximum absolute atomic E-state index is 13.3. The van der Waals surface area contributed by atoms with Crippen molar-refractivity contribution < 1.29 is 19.1 Å². The van der Waals surface area contributed by atoms with Crippen molar-refractivity contribution in [2.45, 2.75) is 31.9 Å². The van der Waals surface area contributed by atoms with Crippen LogP contribution in [0.5, 0.6) is 5.75 Å². The van der Waals surface area contributed by atoms with Gasteiger partial charge in [-0.3, -0.25) is 19.8 Å². The number of imide groups is 1. The molecule has 1 aliphatic heterocycles. The Balaban J connectivity index is 1.96. The van der Waals surface area contributed by atoms with E-state index in [-0.39, 0.29) is 11.6 Å². The molecule has 3 rings (SSSR count). The SMILES string of the molecule is COc1cccc(N2C(=O)C(=Cc3ccc(C(C)C)cc3)N=C2SC(C)C(=O)NC(N)=O)c1. The van der Waals surface area contributed by atoms with E-state index < -0.39 is 17.2 Å². The summed E-state index contributed by atoms with van der Waals surface area (Å²) in [5.74, 6) is 0.0689. The number of aliphatic imine (C=N–C) groups is 1. The lowest BCUT2D eigenvalue weighted by atomic mass is 10.0. The van der Waals surface area contributed by atoms with E-state index in [1.54, 1.807) is 37.3 Å². The predicted octanol–water partition coefficient (Wildman–Crippen LogP) is 3.88. The summed E-state index contributed by atoms with van der Waals surface area (Å²) in [7, 11) is 1.54. The van der Waals surface area contributed by atoms with E-state index in [1.807, 2.05) is 24.3 Å². The maximum Gasteiger partial charge on any atom is 0.318 e. The second kappa shape index (κ2) is 10.4. The first-order chi connectivity index (χ1) is 15.7. The number of methoxy groups -OCH3 is 1. The number of rotatable bonds is 6. The van der Waals surface area contributed by atoms with E-state index in [1.165, 1.54) is 17.6 Å². The fourth-order valence-corrected chi connectivity index (χ4v) is 4.05. The third-order valence-corrected chi connectivity index (χ3v) is 6.00. The number of urea groups is 1. The molecule has 0 aromatic heterocycles. The quantitative estimate of drug-likeness (QED) is 0.627. The van der Waals surface area contributed by atoms with Gasteiger partial charge in [0.15, 0.2) is 5.17 Å². The summed E-state index contributed by atoms with van der Waals surface area (Å²) in [6, 6.07) is 14.0. The number of nitrogens with two attached hydrogens (primary N) is 1. The number of hydrogen-bond acceptors (Lipinski definition) is 6. The minimum atomic E-state index is -0.938. The molecule has 4 amide bonds. The van der Waals surface area contributed by atoms with Gasteiger partial charge in [0.05, 0.1) is 18.0 Å². The van der Waals surface area contributed by atoms with E-state index in [2.05, 4.69) is 24.2 Å². The normalized spacial score (nSPS) is 15.5. The molecular formula is C24H26N4O4S. The third kappa shape index (κ3) is 5.81. The van der Waals surface area contributed by atoms with Crippen molar-refractivity contribution >= 4 is 46.5 Å². The molecule has 0 aliphatic carbocycles. The number of anilines is 1. The molecule has 33 heavy (non-hydrogen) atoms. The van der Waals surface area contributed by atoms with Crippen LogP contribution in [0.2, 0.25) is 0 Å². The second-order valence-corrected chi connectivity index (χ2v) is 9.01. The lowest BCUT2D eigenvalue weighted by Gasteiger charge is -2.20. The Hall–Kier alpha value is -3.59. The molecule has 0 radical (unpaired) electrons. The summed E-state index contributed by atoms with van der Waals surface area (Å²) in [5, 5.41) is 1.64. The third-order valence-electron chi connectivity index (χ3n) is 4.95. The molecule has 0 saturated heterocycles. The number of benzene rings is 2. The molecule has 0 bridgehead atoms. The number of primary amides is 1. The van der Waals surface area contributed by atoms with Crippen LogP contribution in [-0.4, -0.2) is 35.4 Å². The van der Waals surface area contributed by atoms with Gasteiger partial charge in [-0.15, -0.1) is 0 Å². The van der Waals surface area contributed by atoms with Gasteiger partial charge in [0.1, 0.15) is 11.4 Å². The highest BCUT2D eigenvalue weighted by molar-refractivity contribution is 8.15. The molecule has 1 unspecified atom stereocenters. The highest BCUT2D eigenvalue weighted by Gasteiger charge is 2.34. The predicted molar refractivity (Wildman–Crippen MR) is 131 cm³/mol. The van der Waals surface area contributed by atoms with Crippen LogP contribution >= 0.6 is 11.8 Å². The number of hydrogen-bond donors (Lipinski definition) is 2. The van der Waals surface area contributed by atoms with Crippen LogP contribution in [-0.2, 0) is 9.59 Å². The Morgan fingerprint density at radius 2 is 1.85 bits per heavy atom. The van der Waals surface area contributed by atoms with Crippen LogP contribution in [0.3, 0.4) is 0 Å². The van der Waals surface area contributed by atoms with E-state index in [4.69, 9.17) is 10.5 Å². The number of amides is 4. The fourth-order valence-electron chi connectivity index (χ4n) is 3.12. The summed E-state index contributed by atoms with van der Waals surface area (Å²) >= 11 is 1.05. The van der Waals surface area contributed by atoms with Crippen LogP contribution in [0.1, 0.15) is 37.8 Å². The van der Waals surface area contributed by atoms with Crippen LogP contribution in [0, 0.1) is 0 Å². The molecule has 172 valence electrons. The van der Waals surface area contributed by atoms with Crippen molar-refractivity contribution in [3.63, 3.8) is 0 Å². The topological polar surface area (TPSA) is 114 Å². The molecule has 8 nitrogen and oxygen atoms in total. The Morgan fingerprint density at radius 3 is 2.45 bits per heavy atom. The van der Waals surface area contributed by atoms with E-state index in [9.17, 15) is 14.4 Å². The first kappa shape index (κ1) is 24.1. The molecule has 9 heteroatoms. The number of nitrogens with zero attached hydrogens (tertiary/aromatic N) is 2. The summed E-state index contributed by atoms with van der Waals surface area (Å²) in [4.78, 5) is 42.5. The minimum Gasteiger partial charge on any atom is -0.497 e. The molecule has 1 heterocycles. The van der Waals surface area contributed by atoms with Crippen LogP contribution < -0.4 is 20.7 Å². The lowest BCUT2D eigenvalue weighted by Crippen LogP contribution is -2.41. The average Bonchev–Trinajstić information content (AvgIpc) is 3.08. The fraction of sp³-hybridized carbons (Fsp3) is 0.250. The zero-order valence-corrected chi connectivity index (χ0v) is 19.7. The molecule has 3 N–H and O–H groups in total. The van der Waals surface area contributed by atoms with Gasteiger partial charge in [0.2, 0.25) is 5.91 Å². The van der Waals surface area contributed by atoms with Gasteiger partial charge in [-0.1, -0.05) is 55.9 Å². The second-order valence-electron chi connectivity index (χ2n) is 7.70. The van der Waals surface area contributed by atoms with Gasteiger partial charge in [-0.2, -0.15) is 0 Å². The zero-order valence-electron chi connectivity index (χ0n) is 18.9. The number of carbonyl (C=O) groups is 3. The van der Waals surface area contributed by atoms with Crippen LogP contribution in [0.15, 0.2) is 59.2 Å². The number of nitrogens with one attached hydrogen (secondary N) is 1. The van der Waals surface area contributed by atoms with Crippen LogP contribution in [0.25, 0.3) is 6.08 Å². The molecule has 2 aromatic carbocycles. The van der Waals surface area contributed by atoms with E-state index in [0.717, 1.165) is 17.3 Å².